The number of amides is 1. The first-order valence-electron chi connectivity index (χ1n) is 10.6. The number of fused-ring (bicyclic) bond motifs is 1. The van der Waals surface area contributed by atoms with E-state index in [1.807, 2.05) is 12.1 Å². The van der Waals surface area contributed by atoms with Crippen LogP contribution in [0.1, 0.15) is 29.5 Å². The molecule has 1 fully saturated rings. The van der Waals surface area contributed by atoms with Gasteiger partial charge in [0.1, 0.15) is 10.6 Å². The number of carbonyl (C=O) groups is 1. The maximum atomic E-state index is 13.1. The highest BCUT2D eigenvalue weighted by atomic mass is 32.2. The highest BCUT2D eigenvalue weighted by Crippen LogP contribution is 2.30. The van der Waals surface area contributed by atoms with Gasteiger partial charge in [0.05, 0.1) is 26.7 Å². The minimum Gasteiger partial charge on any atom is -0.495 e. The molecule has 8 heteroatoms. The Morgan fingerprint density at radius 2 is 1.90 bits per heavy atom. The molecule has 0 saturated carbocycles. The molecular formula is C23H28N2O5S. The number of methoxy groups -OCH3 is 1. The summed E-state index contributed by atoms with van der Waals surface area (Å²) in [7, 11) is -2.29. The van der Waals surface area contributed by atoms with Crippen molar-refractivity contribution in [1.82, 2.24) is 4.31 Å². The van der Waals surface area contributed by atoms with Crippen molar-refractivity contribution in [2.75, 3.05) is 38.7 Å². The predicted molar refractivity (Wildman–Crippen MR) is 118 cm³/mol. The number of nitrogens with zero attached hydrogens (tertiary/aromatic N) is 1. The van der Waals surface area contributed by atoms with Crippen LogP contribution >= 0.6 is 0 Å². The van der Waals surface area contributed by atoms with Crippen molar-refractivity contribution < 1.29 is 22.7 Å². The normalized spacial score (nSPS) is 17.1. The van der Waals surface area contributed by atoms with Crippen LogP contribution in [0, 0.1) is 0 Å². The topological polar surface area (TPSA) is 84.9 Å². The molecule has 2 aliphatic rings. The maximum Gasteiger partial charge on any atom is 0.246 e. The average Bonchev–Trinajstić information content (AvgIpc) is 2.80. The molecule has 1 aliphatic heterocycles. The Morgan fingerprint density at radius 1 is 1.13 bits per heavy atom. The second-order valence-electron chi connectivity index (χ2n) is 7.88. The highest BCUT2D eigenvalue weighted by Gasteiger charge is 2.29. The smallest absolute Gasteiger partial charge is 0.246 e. The molecular weight excluding hydrogens is 416 g/mol. The van der Waals surface area contributed by atoms with Gasteiger partial charge in [-0.25, -0.2) is 8.42 Å². The molecule has 2 aromatic carbocycles. The van der Waals surface area contributed by atoms with Gasteiger partial charge < -0.3 is 14.8 Å². The van der Waals surface area contributed by atoms with E-state index in [-0.39, 0.29) is 23.0 Å². The van der Waals surface area contributed by atoms with Crippen LogP contribution in [0.3, 0.4) is 0 Å². The molecule has 4 rings (SSSR count). The zero-order chi connectivity index (χ0) is 21.8. The molecule has 1 amide bonds. The summed E-state index contributed by atoms with van der Waals surface area (Å²) in [4.78, 5) is 12.8. The van der Waals surface area contributed by atoms with Crippen molar-refractivity contribution >= 4 is 21.6 Å². The number of anilines is 1. The second-order valence-corrected chi connectivity index (χ2v) is 9.78. The molecule has 0 unspecified atom stereocenters. The van der Waals surface area contributed by atoms with Crippen molar-refractivity contribution in [2.24, 2.45) is 0 Å². The maximum absolute atomic E-state index is 13.1. The Kier molecular flexibility index (Phi) is 6.60. The summed E-state index contributed by atoms with van der Waals surface area (Å²) in [6.07, 6.45) is 4.40. The molecule has 1 saturated heterocycles. The van der Waals surface area contributed by atoms with Gasteiger partial charge in [0.2, 0.25) is 15.9 Å². The van der Waals surface area contributed by atoms with Gasteiger partial charge in [-0.15, -0.1) is 0 Å². The summed E-state index contributed by atoms with van der Waals surface area (Å²) in [6.45, 7) is 1.33. The number of carbonyl (C=O) groups excluding carboxylic acids is 1. The number of ether oxygens (including phenoxy) is 2. The van der Waals surface area contributed by atoms with E-state index in [2.05, 4.69) is 11.4 Å². The predicted octanol–water partition coefficient (Wildman–Crippen LogP) is 2.78. The number of hydrogen-bond donors (Lipinski definition) is 1. The third-order valence-electron chi connectivity index (χ3n) is 5.85. The van der Waals surface area contributed by atoms with E-state index in [0.717, 1.165) is 24.9 Å². The first-order chi connectivity index (χ1) is 15.0. The molecule has 1 N–H and O–H groups in total. The van der Waals surface area contributed by atoms with Crippen molar-refractivity contribution in [1.29, 1.82) is 0 Å². The Hall–Kier alpha value is -2.42. The summed E-state index contributed by atoms with van der Waals surface area (Å²) in [5.41, 5.74) is 3.99. The number of hydrogen-bond acceptors (Lipinski definition) is 5. The van der Waals surface area contributed by atoms with Crippen LogP contribution in [-0.4, -0.2) is 52.0 Å². The fourth-order valence-corrected chi connectivity index (χ4v) is 5.85. The lowest BCUT2D eigenvalue weighted by Gasteiger charge is -2.26. The zero-order valence-corrected chi connectivity index (χ0v) is 18.5. The number of sulfonamides is 1. The second kappa shape index (κ2) is 9.38. The van der Waals surface area contributed by atoms with Crippen LogP contribution in [0.2, 0.25) is 0 Å². The van der Waals surface area contributed by atoms with Crippen LogP contribution in [0.5, 0.6) is 5.75 Å². The molecule has 1 aliphatic carbocycles. The van der Waals surface area contributed by atoms with E-state index in [1.54, 1.807) is 18.2 Å². The lowest BCUT2D eigenvalue weighted by molar-refractivity contribution is -0.115. The van der Waals surface area contributed by atoms with Gasteiger partial charge in [0, 0.05) is 18.8 Å². The summed E-state index contributed by atoms with van der Waals surface area (Å²) in [6, 6.07) is 10.9. The van der Waals surface area contributed by atoms with Gasteiger partial charge in [-0.2, -0.15) is 4.31 Å². The molecule has 0 spiro atoms. The van der Waals surface area contributed by atoms with Crippen molar-refractivity contribution in [3.05, 3.63) is 53.1 Å². The van der Waals surface area contributed by atoms with Crippen LogP contribution < -0.4 is 10.1 Å². The molecule has 0 bridgehead atoms. The zero-order valence-electron chi connectivity index (χ0n) is 17.7. The Balaban J connectivity index is 1.54. The van der Waals surface area contributed by atoms with Gasteiger partial charge >= 0.3 is 0 Å². The first kappa shape index (κ1) is 21.8. The molecule has 0 aromatic heterocycles. The quantitative estimate of drug-likeness (QED) is 0.741. The molecule has 0 radical (unpaired) electrons. The summed E-state index contributed by atoms with van der Waals surface area (Å²) >= 11 is 0. The highest BCUT2D eigenvalue weighted by molar-refractivity contribution is 7.89. The Bertz CT molecular complexity index is 1060. The minimum atomic E-state index is -3.74. The fourth-order valence-electron chi connectivity index (χ4n) is 4.24. The molecule has 2 aromatic rings. The van der Waals surface area contributed by atoms with Crippen LogP contribution in [0.4, 0.5) is 5.69 Å². The molecule has 1 heterocycles. The first-order valence-corrected chi connectivity index (χ1v) is 12.1. The van der Waals surface area contributed by atoms with E-state index in [4.69, 9.17) is 9.47 Å². The van der Waals surface area contributed by atoms with Crippen molar-refractivity contribution in [3.63, 3.8) is 0 Å². The van der Waals surface area contributed by atoms with Gasteiger partial charge in [0.25, 0.3) is 0 Å². The van der Waals surface area contributed by atoms with E-state index in [9.17, 15) is 13.2 Å². The van der Waals surface area contributed by atoms with Gasteiger partial charge in [-0.1, -0.05) is 18.2 Å². The number of aryl methyl sites for hydroxylation is 1. The van der Waals surface area contributed by atoms with Crippen LogP contribution in [0.15, 0.2) is 41.3 Å². The summed E-state index contributed by atoms with van der Waals surface area (Å²) < 4.78 is 38.3. The Labute approximate surface area is 183 Å². The molecule has 7 nitrogen and oxygen atoms in total. The third-order valence-corrected chi connectivity index (χ3v) is 7.77. The lowest BCUT2D eigenvalue weighted by Crippen LogP contribution is -2.40. The number of nitrogens with one attached hydrogen (secondary N) is 1. The fraction of sp³-hybridized carbons (Fsp3) is 0.435. The number of rotatable bonds is 6. The molecule has 166 valence electrons. The van der Waals surface area contributed by atoms with Gasteiger partial charge in [-0.05, 0) is 60.6 Å². The molecule has 0 atom stereocenters. The third kappa shape index (κ3) is 4.76. The molecule has 31 heavy (non-hydrogen) atoms. The minimum absolute atomic E-state index is 0.0826. The largest absolute Gasteiger partial charge is 0.495 e. The standard InChI is InChI=1S/C23H28N2O5S/c1-29-21-10-9-17(15-22(21)31(27,28)25-11-13-30-14-12-25)16-23(26)24-20-8-4-6-18-5-2-3-7-19(18)20/h4,6,8-10,15H,2-3,5,7,11-14,16H2,1H3,(H,24,26). The SMILES string of the molecule is COc1ccc(CC(=O)Nc2cccc3c2CCCC3)cc1S(=O)(=O)N1CCOCC1. The van der Waals surface area contributed by atoms with Crippen molar-refractivity contribution in [3.8, 4) is 5.75 Å². The van der Waals surface area contributed by atoms with E-state index >= 15 is 0 Å². The van der Waals surface area contributed by atoms with E-state index in [1.165, 1.54) is 29.0 Å². The average molecular weight is 445 g/mol. The lowest BCUT2D eigenvalue weighted by atomic mass is 9.90. The van der Waals surface area contributed by atoms with E-state index in [0.29, 0.717) is 31.9 Å². The van der Waals surface area contributed by atoms with Gasteiger partial charge in [0.15, 0.2) is 0 Å². The van der Waals surface area contributed by atoms with E-state index < -0.39 is 10.0 Å². The van der Waals surface area contributed by atoms with Crippen LogP contribution in [-0.2, 0) is 38.8 Å². The summed E-state index contributed by atoms with van der Waals surface area (Å²) in [5.74, 6) is 0.103. The summed E-state index contributed by atoms with van der Waals surface area (Å²) in [5, 5.41) is 3.02. The number of benzene rings is 2. The van der Waals surface area contributed by atoms with Crippen LogP contribution in [0.25, 0.3) is 0 Å². The monoisotopic (exact) mass is 444 g/mol. The van der Waals surface area contributed by atoms with Crippen molar-refractivity contribution in [2.45, 2.75) is 37.0 Å². The number of morpholine rings is 1. The van der Waals surface area contributed by atoms with Gasteiger partial charge in [-0.3, -0.25) is 4.79 Å². The Morgan fingerprint density at radius 3 is 2.68 bits per heavy atom.